The Morgan fingerprint density at radius 3 is 2.39 bits per heavy atom. The maximum atomic E-state index is 5.78. The molecule has 1 aliphatic heterocycles. The molecule has 0 radical (unpaired) electrons. The van der Waals surface area contributed by atoms with Crippen molar-refractivity contribution in [3.05, 3.63) is 0 Å². The molecule has 1 N–H and O–H groups in total. The van der Waals surface area contributed by atoms with Gasteiger partial charge in [-0.1, -0.05) is 6.92 Å². The molecular formula is C15H32N2O. The molecule has 1 rings (SSSR count). The second-order valence-corrected chi connectivity index (χ2v) is 7.43. The van der Waals surface area contributed by atoms with Crippen molar-refractivity contribution in [2.24, 2.45) is 5.92 Å². The topological polar surface area (TPSA) is 24.5 Å². The monoisotopic (exact) mass is 256 g/mol. The number of nitrogens with one attached hydrogen (secondary N) is 1. The van der Waals surface area contributed by atoms with Crippen molar-refractivity contribution in [2.75, 3.05) is 26.2 Å². The van der Waals surface area contributed by atoms with Gasteiger partial charge in [-0.05, 0) is 54.0 Å². The van der Waals surface area contributed by atoms with Gasteiger partial charge in [0.05, 0.1) is 12.2 Å². The van der Waals surface area contributed by atoms with Crippen LogP contribution in [0.3, 0.4) is 0 Å². The predicted molar refractivity (Wildman–Crippen MR) is 78.0 cm³/mol. The van der Waals surface area contributed by atoms with Gasteiger partial charge in [0, 0.05) is 24.7 Å². The zero-order chi connectivity index (χ0) is 14.0. The van der Waals surface area contributed by atoms with Crippen molar-refractivity contribution < 1.29 is 4.74 Å². The Hall–Kier alpha value is -0.120. The van der Waals surface area contributed by atoms with Crippen LogP contribution >= 0.6 is 0 Å². The summed E-state index contributed by atoms with van der Waals surface area (Å²) in [4.78, 5) is 2.57. The Balaban J connectivity index is 2.45. The lowest BCUT2D eigenvalue weighted by Crippen LogP contribution is -2.54. The first-order valence-corrected chi connectivity index (χ1v) is 7.24. The summed E-state index contributed by atoms with van der Waals surface area (Å²) in [6.07, 6.45) is 0. The average Bonchev–Trinajstić information content (AvgIpc) is 2.22. The Kier molecular flexibility index (Phi) is 5.22. The molecule has 18 heavy (non-hydrogen) atoms. The summed E-state index contributed by atoms with van der Waals surface area (Å²) >= 11 is 0. The van der Waals surface area contributed by atoms with Crippen molar-refractivity contribution >= 4 is 0 Å². The van der Waals surface area contributed by atoms with Crippen molar-refractivity contribution in [1.29, 1.82) is 0 Å². The first kappa shape index (κ1) is 15.9. The van der Waals surface area contributed by atoms with Gasteiger partial charge in [-0.2, -0.15) is 0 Å². The maximum Gasteiger partial charge on any atom is 0.0753 e. The molecule has 1 saturated heterocycles. The van der Waals surface area contributed by atoms with Crippen LogP contribution in [0.2, 0.25) is 0 Å². The van der Waals surface area contributed by atoms with Crippen molar-refractivity contribution in [2.45, 2.75) is 65.6 Å². The molecule has 0 bridgehead atoms. The Labute approximate surface area is 113 Å². The van der Waals surface area contributed by atoms with Gasteiger partial charge in [0.15, 0.2) is 0 Å². The highest BCUT2D eigenvalue weighted by atomic mass is 16.5. The van der Waals surface area contributed by atoms with Crippen LogP contribution in [0.5, 0.6) is 0 Å². The Morgan fingerprint density at radius 1 is 1.28 bits per heavy atom. The van der Waals surface area contributed by atoms with Gasteiger partial charge in [0.2, 0.25) is 0 Å². The van der Waals surface area contributed by atoms with Gasteiger partial charge < -0.3 is 10.1 Å². The van der Waals surface area contributed by atoms with Crippen LogP contribution in [0.4, 0.5) is 0 Å². The van der Waals surface area contributed by atoms with E-state index in [1.54, 1.807) is 0 Å². The number of ether oxygens (including phenoxy) is 1. The summed E-state index contributed by atoms with van der Waals surface area (Å²) in [6.45, 7) is 19.8. The van der Waals surface area contributed by atoms with Crippen LogP contribution in [0.1, 0.15) is 48.5 Å². The van der Waals surface area contributed by atoms with Crippen molar-refractivity contribution in [3.63, 3.8) is 0 Å². The van der Waals surface area contributed by atoms with E-state index in [1.807, 2.05) is 0 Å². The van der Waals surface area contributed by atoms with E-state index >= 15 is 0 Å². The lowest BCUT2D eigenvalue weighted by Gasteiger charge is -2.43. The summed E-state index contributed by atoms with van der Waals surface area (Å²) in [5.74, 6) is 0.651. The lowest BCUT2D eigenvalue weighted by atomic mass is 9.97. The molecule has 3 nitrogen and oxygen atoms in total. The van der Waals surface area contributed by atoms with Crippen LogP contribution in [-0.2, 0) is 4.74 Å². The minimum Gasteiger partial charge on any atom is -0.373 e. The average molecular weight is 256 g/mol. The smallest absolute Gasteiger partial charge is 0.0753 e. The molecule has 1 fully saturated rings. The first-order chi connectivity index (χ1) is 8.11. The number of nitrogens with zero attached hydrogens (tertiary/aromatic N) is 1. The molecule has 0 aliphatic carbocycles. The molecule has 0 saturated carbocycles. The third-order valence-electron chi connectivity index (χ3n) is 3.81. The third-order valence-corrected chi connectivity index (χ3v) is 3.81. The van der Waals surface area contributed by atoms with Crippen LogP contribution < -0.4 is 5.32 Å². The predicted octanol–water partition coefficient (Wildman–Crippen LogP) is 2.51. The van der Waals surface area contributed by atoms with Gasteiger partial charge in [-0.15, -0.1) is 0 Å². The normalized spacial score (nSPS) is 24.8. The van der Waals surface area contributed by atoms with Crippen LogP contribution in [-0.4, -0.2) is 48.3 Å². The molecule has 1 aliphatic rings. The molecule has 0 amide bonds. The fourth-order valence-corrected chi connectivity index (χ4v) is 2.40. The van der Waals surface area contributed by atoms with Gasteiger partial charge in [0.25, 0.3) is 0 Å². The molecule has 0 aromatic heterocycles. The fourth-order valence-electron chi connectivity index (χ4n) is 2.40. The molecule has 0 spiro atoms. The van der Waals surface area contributed by atoms with Gasteiger partial charge >= 0.3 is 0 Å². The summed E-state index contributed by atoms with van der Waals surface area (Å²) < 4.78 is 5.78. The summed E-state index contributed by atoms with van der Waals surface area (Å²) in [5, 5.41) is 3.60. The summed E-state index contributed by atoms with van der Waals surface area (Å²) in [7, 11) is 0. The number of hydrogen-bond donors (Lipinski definition) is 1. The molecule has 2 atom stereocenters. The zero-order valence-electron chi connectivity index (χ0n) is 13.3. The molecule has 0 aromatic rings. The third kappa shape index (κ3) is 5.25. The fraction of sp³-hybridized carbons (Fsp3) is 1.00. The highest BCUT2D eigenvalue weighted by molar-refractivity contribution is 4.85. The van der Waals surface area contributed by atoms with Crippen LogP contribution in [0.15, 0.2) is 0 Å². The quantitative estimate of drug-likeness (QED) is 0.836. The van der Waals surface area contributed by atoms with Crippen molar-refractivity contribution in [3.8, 4) is 0 Å². The van der Waals surface area contributed by atoms with Gasteiger partial charge in [0.1, 0.15) is 0 Å². The molecule has 3 heteroatoms. The van der Waals surface area contributed by atoms with Gasteiger partial charge in [-0.3, -0.25) is 4.90 Å². The van der Waals surface area contributed by atoms with E-state index in [4.69, 9.17) is 4.74 Å². The van der Waals surface area contributed by atoms with Crippen molar-refractivity contribution in [1.82, 2.24) is 10.2 Å². The van der Waals surface area contributed by atoms with E-state index in [1.165, 1.54) is 0 Å². The van der Waals surface area contributed by atoms with E-state index in [2.05, 4.69) is 58.7 Å². The molecular weight excluding hydrogens is 224 g/mol. The molecule has 0 aromatic carbocycles. The summed E-state index contributed by atoms with van der Waals surface area (Å²) in [5.41, 5.74) is 0.210. The first-order valence-electron chi connectivity index (χ1n) is 7.24. The van der Waals surface area contributed by atoms with E-state index in [9.17, 15) is 0 Å². The highest BCUT2D eigenvalue weighted by Crippen LogP contribution is 2.21. The number of rotatable bonds is 4. The minimum atomic E-state index is 0.00366. The van der Waals surface area contributed by atoms with E-state index < -0.39 is 0 Å². The second kappa shape index (κ2) is 5.89. The van der Waals surface area contributed by atoms with Gasteiger partial charge in [-0.25, -0.2) is 0 Å². The molecule has 2 unspecified atom stereocenters. The van der Waals surface area contributed by atoms with E-state index in [0.29, 0.717) is 12.0 Å². The maximum absolute atomic E-state index is 5.78. The SMILES string of the molecule is CC(CNC(C)(C)C)C(C)N1CCOC(C)(C)C1. The lowest BCUT2D eigenvalue weighted by molar-refractivity contribution is -0.100. The zero-order valence-corrected chi connectivity index (χ0v) is 13.3. The standard InChI is InChI=1S/C15H32N2O/c1-12(10-16-14(3,4)5)13(2)17-8-9-18-15(6,7)11-17/h12-13,16H,8-11H2,1-7H3. The Bertz CT molecular complexity index is 258. The second-order valence-electron chi connectivity index (χ2n) is 7.43. The number of morpholine rings is 1. The van der Waals surface area contributed by atoms with E-state index in [-0.39, 0.29) is 11.1 Å². The number of hydrogen-bond acceptors (Lipinski definition) is 3. The molecule has 108 valence electrons. The largest absolute Gasteiger partial charge is 0.373 e. The van der Waals surface area contributed by atoms with Crippen LogP contribution in [0.25, 0.3) is 0 Å². The van der Waals surface area contributed by atoms with E-state index in [0.717, 1.165) is 26.2 Å². The highest BCUT2D eigenvalue weighted by Gasteiger charge is 2.31. The summed E-state index contributed by atoms with van der Waals surface area (Å²) in [6, 6.07) is 0.600. The Morgan fingerprint density at radius 2 is 1.89 bits per heavy atom. The minimum absolute atomic E-state index is 0.00366. The molecule has 1 heterocycles. The van der Waals surface area contributed by atoms with Crippen LogP contribution in [0, 0.1) is 5.92 Å².